The average Bonchev–Trinajstić information content (AvgIpc) is 3.09. The lowest BCUT2D eigenvalue weighted by Crippen LogP contribution is -2.14. The lowest BCUT2D eigenvalue weighted by Gasteiger charge is -2.12. The fourth-order valence-electron chi connectivity index (χ4n) is 2.34. The van der Waals surface area contributed by atoms with Gasteiger partial charge < -0.3 is 9.09 Å². The van der Waals surface area contributed by atoms with E-state index < -0.39 is 0 Å². The smallest absolute Gasteiger partial charge is 0.237 e. The van der Waals surface area contributed by atoms with Gasteiger partial charge in [0.25, 0.3) is 0 Å². The minimum Gasteiger partial charge on any atom is -0.338 e. The largest absolute Gasteiger partial charge is 0.338 e. The Kier molecular flexibility index (Phi) is 4.67. The molecule has 24 heavy (non-hydrogen) atoms. The molecule has 1 aliphatic rings. The average molecular weight is 349 g/mol. The molecule has 1 N–H and O–H groups in total. The van der Waals surface area contributed by atoms with Crippen molar-refractivity contribution < 1.29 is 9.32 Å². The van der Waals surface area contributed by atoms with Gasteiger partial charge in [-0.05, 0) is 19.8 Å². The molecule has 1 aliphatic carbocycles. The van der Waals surface area contributed by atoms with E-state index in [1.165, 1.54) is 24.6 Å². The first-order valence-corrected chi connectivity index (χ1v) is 9.20. The molecule has 0 aromatic carbocycles. The predicted octanol–water partition coefficient (Wildman–Crippen LogP) is 3.19. The van der Waals surface area contributed by atoms with Crippen LogP contribution in [0.2, 0.25) is 0 Å². The quantitative estimate of drug-likeness (QED) is 0.806. The minimum atomic E-state index is -0.143. The Bertz CT molecular complexity index is 727. The first-order chi connectivity index (χ1) is 11.4. The van der Waals surface area contributed by atoms with Gasteiger partial charge >= 0.3 is 0 Å². The molecule has 2 aromatic heterocycles. The maximum absolute atomic E-state index is 12.1. The summed E-state index contributed by atoms with van der Waals surface area (Å²) < 4.78 is 7.28. The molecule has 0 radical (unpaired) electrons. The highest BCUT2D eigenvalue weighted by molar-refractivity contribution is 7.99. The summed E-state index contributed by atoms with van der Waals surface area (Å²) in [6.07, 6.45) is 2.37. The monoisotopic (exact) mass is 349 g/mol. The van der Waals surface area contributed by atoms with Crippen molar-refractivity contribution in [3.8, 4) is 0 Å². The minimum absolute atomic E-state index is 0.113. The molecule has 0 bridgehead atoms. The van der Waals surface area contributed by atoms with E-state index in [-0.39, 0.29) is 17.1 Å². The van der Waals surface area contributed by atoms with Crippen molar-refractivity contribution in [3.05, 3.63) is 17.6 Å². The van der Waals surface area contributed by atoms with Crippen LogP contribution in [0.1, 0.15) is 58.0 Å². The van der Waals surface area contributed by atoms with Gasteiger partial charge in [-0.2, -0.15) is 0 Å². The number of aromatic nitrogens is 4. The van der Waals surface area contributed by atoms with Crippen LogP contribution in [0.25, 0.3) is 0 Å². The van der Waals surface area contributed by atoms with Crippen LogP contribution < -0.4 is 5.32 Å². The van der Waals surface area contributed by atoms with E-state index in [1.54, 1.807) is 6.07 Å². The van der Waals surface area contributed by atoms with Crippen molar-refractivity contribution >= 4 is 23.6 Å². The number of nitrogens with zero attached hydrogens (tertiary/aromatic N) is 4. The van der Waals surface area contributed by atoms with Gasteiger partial charge in [0.05, 0.1) is 11.4 Å². The zero-order valence-electron chi connectivity index (χ0n) is 14.5. The lowest BCUT2D eigenvalue weighted by atomic mass is 9.92. The van der Waals surface area contributed by atoms with E-state index in [9.17, 15) is 4.79 Å². The van der Waals surface area contributed by atoms with Crippen LogP contribution in [0.5, 0.6) is 0 Å². The van der Waals surface area contributed by atoms with Crippen molar-refractivity contribution in [1.82, 2.24) is 19.9 Å². The molecule has 2 aromatic rings. The molecular formula is C16H23N5O2S. The molecule has 1 amide bonds. The normalized spacial score (nSPS) is 14.8. The van der Waals surface area contributed by atoms with Gasteiger partial charge in [-0.15, -0.1) is 10.2 Å². The van der Waals surface area contributed by atoms with Crippen LogP contribution in [-0.2, 0) is 16.8 Å². The highest BCUT2D eigenvalue weighted by atomic mass is 32.2. The molecule has 0 unspecified atom stereocenters. The third-order valence-corrected chi connectivity index (χ3v) is 4.84. The second kappa shape index (κ2) is 6.58. The number of anilines is 1. The standard InChI is InChI=1S/C16H23N5O2S/c1-5-21-14(10-6-7-10)18-19-15(21)24-9-12(22)17-13-8-11(20-23-13)16(2,3)4/h8,10H,5-7,9H2,1-4H3,(H,17,22). The molecule has 1 fully saturated rings. The Balaban J connectivity index is 1.57. The van der Waals surface area contributed by atoms with E-state index in [1.807, 2.05) is 20.8 Å². The summed E-state index contributed by atoms with van der Waals surface area (Å²) in [5, 5.41) is 16.0. The fraction of sp³-hybridized carbons (Fsp3) is 0.625. The van der Waals surface area contributed by atoms with Gasteiger partial charge in [0, 0.05) is 23.9 Å². The topological polar surface area (TPSA) is 85.8 Å². The summed E-state index contributed by atoms with van der Waals surface area (Å²) >= 11 is 1.39. The molecule has 130 valence electrons. The van der Waals surface area contributed by atoms with Crippen LogP contribution in [0.3, 0.4) is 0 Å². The first-order valence-electron chi connectivity index (χ1n) is 8.21. The summed E-state index contributed by atoms with van der Waals surface area (Å²) in [5.41, 5.74) is 0.697. The van der Waals surface area contributed by atoms with Crippen LogP contribution in [0, 0.1) is 0 Å². The Morgan fingerprint density at radius 3 is 2.75 bits per heavy atom. The van der Waals surface area contributed by atoms with Crippen molar-refractivity contribution in [2.75, 3.05) is 11.1 Å². The summed E-state index contributed by atoms with van der Waals surface area (Å²) in [4.78, 5) is 12.1. The van der Waals surface area contributed by atoms with Crippen LogP contribution in [0.4, 0.5) is 5.88 Å². The van der Waals surface area contributed by atoms with Crippen LogP contribution in [-0.4, -0.2) is 31.6 Å². The summed E-state index contributed by atoms with van der Waals surface area (Å²) in [5.74, 6) is 2.08. The van der Waals surface area contributed by atoms with Gasteiger partial charge in [-0.3, -0.25) is 10.1 Å². The third-order valence-electron chi connectivity index (χ3n) is 3.88. The number of nitrogens with one attached hydrogen (secondary N) is 1. The van der Waals surface area contributed by atoms with Gasteiger partial charge in [0.2, 0.25) is 11.8 Å². The molecule has 8 heteroatoms. The molecule has 0 saturated heterocycles. The predicted molar refractivity (Wildman–Crippen MR) is 92.2 cm³/mol. The summed E-state index contributed by atoms with van der Waals surface area (Å²) in [7, 11) is 0. The molecule has 0 atom stereocenters. The Hall–Kier alpha value is -1.83. The van der Waals surface area contributed by atoms with Gasteiger partial charge in [-0.25, -0.2) is 0 Å². The third kappa shape index (κ3) is 3.80. The maximum Gasteiger partial charge on any atom is 0.237 e. The molecule has 3 rings (SSSR count). The van der Waals surface area contributed by atoms with Crippen LogP contribution >= 0.6 is 11.8 Å². The SMILES string of the molecule is CCn1c(SCC(=O)Nc2cc(C(C)(C)C)no2)nnc1C1CC1. The lowest BCUT2D eigenvalue weighted by molar-refractivity contribution is -0.113. The number of rotatable bonds is 6. The molecule has 7 nitrogen and oxygen atoms in total. The molecule has 1 saturated carbocycles. The fourth-order valence-corrected chi connectivity index (χ4v) is 3.15. The van der Waals surface area contributed by atoms with Crippen molar-refractivity contribution in [3.63, 3.8) is 0 Å². The number of hydrogen-bond acceptors (Lipinski definition) is 6. The van der Waals surface area contributed by atoms with Crippen molar-refractivity contribution in [2.45, 2.75) is 63.6 Å². The van der Waals surface area contributed by atoms with Crippen molar-refractivity contribution in [2.24, 2.45) is 0 Å². The number of carbonyl (C=O) groups is 1. The number of amides is 1. The Labute approximate surface area is 145 Å². The van der Waals surface area contributed by atoms with E-state index in [0.29, 0.717) is 11.8 Å². The zero-order valence-corrected chi connectivity index (χ0v) is 15.3. The highest BCUT2D eigenvalue weighted by Crippen LogP contribution is 2.40. The Morgan fingerprint density at radius 1 is 1.42 bits per heavy atom. The van der Waals surface area contributed by atoms with E-state index in [2.05, 4.69) is 32.2 Å². The number of carbonyl (C=O) groups excluding carboxylic acids is 1. The first kappa shape index (κ1) is 17.0. The van der Waals surface area contributed by atoms with Crippen molar-refractivity contribution in [1.29, 1.82) is 0 Å². The summed E-state index contributed by atoms with van der Waals surface area (Å²) in [6.45, 7) is 9.02. The number of hydrogen-bond donors (Lipinski definition) is 1. The van der Waals surface area contributed by atoms with Gasteiger partial charge in [-0.1, -0.05) is 37.7 Å². The van der Waals surface area contributed by atoms with E-state index >= 15 is 0 Å². The summed E-state index contributed by atoms with van der Waals surface area (Å²) in [6, 6.07) is 1.77. The number of thioether (sulfide) groups is 1. The second-order valence-corrected chi connectivity index (χ2v) is 7.97. The van der Waals surface area contributed by atoms with Gasteiger partial charge in [0.1, 0.15) is 5.82 Å². The molecular weight excluding hydrogens is 326 g/mol. The van der Waals surface area contributed by atoms with Crippen LogP contribution in [0.15, 0.2) is 15.7 Å². The Morgan fingerprint density at radius 2 is 2.17 bits per heavy atom. The maximum atomic E-state index is 12.1. The zero-order chi connectivity index (χ0) is 17.3. The van der Waals surface area contributed by atoms with E-state index in [0.717, 1.165) is 23.2 Å². The molecule has 2 heterocycles. The van der Waals surface area contributed by atoms with Gasteiger partial charge in [0.15, 0.2) is 5.16 Å². The highest BCUT2D eigenvalue weighted by Gasteiger charge is 2.30. The molecule has 0 spiro atoms. The second-order valence-electron chi connectivity index (χ2n) is 7.02. The molecule has 0 aliphatic heterocycles. The van der Waals surface area contributed by atoms with E-state index in [4.69, 9.17) is 4.52 Å².